The van der Waals surface area contributed by atoms with Crippen LogP contribution in [0.15, 0.2) is 60.7 Å². The molecule has 1 aromatic heterocycles. The van der Waals surface area contributed by atoms with Gasteiger partial charge in [0.05, 0.1) is 17.2 Å². The third-order valence-corrected chi connectivity index (χ3v) is 4.96. The van der Waals surface area contributed by atoms with Crippen LogP contribution < -0.4 is 0 Å². The minimum atomic E-state index is 0.123. The zero-order valence-electron chi connectivity index (χ0n) is 17.0. The predicted octanol–water partition coefficient (Wildman–Crippen LogP) is 5.38. The van der Waals surface area contributed by atoms with Crippen LogP contribution in [0.25, 0.3) is 34.2 Å². The number of aromatic nitrogens is 3. The summed E-state index contributed by atoms with van der Waals surface area (Å²) in [7, 11) is 0. The van der Waals surface area contributed by atoms with Gasteiger partial charge in [0.1, 0.15) is 5.75 Å². The molecule has 5 nitrogen and oxygen atoms in total. The molecular weight excluding hydrogens is 372 g/mol. The fourth-order valence-electron chi connectivity index (χ4n) is 3.44. The van der Waals surface area contributed by atoms with Gasteiger partial charge in [0, 0.05) is 11.1 Å². The highest BCUT2D eigenvalue weighted by Crippen LogP contribution is 2.31. The van der Waals surface area contributed by atoms with Crippen LogP contribution in [0.2, 0.25) is 0 Å². The first kappa shape index (κ1) is 19.3. The largest absolute Gasteiger partial charge is 0.507 e. The number of aryl methyl sites for hydroxylation is 3. The Labute approximate surface area is 175 Å². The van der Waals surface area contributed by atoms with Crippen LogP contribution in [0.1, 0.15) is 22.3 Å². The second-order valence-electron chi connectivity index (χ2n) is 7.29. The van der Waals surface area contributed by atoms with Gasteiger partial charge in [-0.3, -0.25) is 0 Å². The van der Waals surface area contributed by atoms with E-state index in [0.717, 1.165) is 27.8 Å². The number of hydrogen-bond donors (Lipinski definition) is 1. The van der Waals surface area contributed by atoms with Crippen molar-refractivity contribution < 1.29 is 5.11 Å². The Balaban J connectivity index is 1.96. The maximum Gasteiger partial charge on any atom is 0.167 e. The molecule has 30 heavy (non-hydrogen) atoms. The van der Waals surface area contributed by atoms with Crippen molar-refractivity contribution in [2.45, 2.75) is 20.8 Å². The molecule has 0 aliphatic rings. The van der Waals surface area contributed by atoms with Gasteiger partial charge >= 0.3 is 0 Å². The monoisotopic (exact) mass is 392 g/mol. The molecule has 5 heteroatoms. The van der Waals surface area contributed by atoms with Gasteiger partial charge < -0.3 is 5.11 Å². The molecule has 0 bridgehead atoms. The van der Waals surface area contributed by atoms with E-state index >= 15 is 0 Å². The lowest BCUT2D eigenvalue weighted by molar-refractivity contribution is 0.476. The summed E-state index contributed by atoms with van der Waals surface area (Å²) in [6, 6.07) is 21.2. The van der Waals surface area contributed by atoms with Gasteiger partial charge in [-0.1, -0.05) is 36.4 Å². The molecule has 4 aromatic rings. The fourth-order valence-corrected chi connectivity index (χ4v) is 3.44. The lowest BCUT2D eigenvalue weighted by Crippen LogP contribution is -2.01. The van der Waals surface area contributed by atoms with E-state index in [0.29, 0.717) is 28.6 Å². The second-order valence-corrected chi connectivity index (χ2v) is 7.29. The van der Waals surface area contributed by atoms with Crippen molar-refractivity contribution in [3.05, 3.63) is 82.9 Å². The lowest BCUT2D eigenvalue weighted by atomic mass is 10.00. The summed E-state index contributed by atoms with van der Waals surface area (Å²) in [5, 5.41) is 19.9. The number of nitrogens with zero attached hydrogens (tertiary/aromatic N) is 4. The lowest BCUT2D eigenvalue weighted by Gasteiger charge is -2.11. The molecule has 0 spiro atoms. The van der Waals surface area contributed by atoms with Crippen molar-refractivity contribution in [1.82, 2.24) is 15.0 Å². The first-order valence-electron chi connectivity index (χ1n) is 9.59. The van der Waals surface area contributed by atoms with Crippen molar-refractivity contribution in [1.29, 1.82) is 5.26 Å². The number of phenols is 1. The van der Waals surface area contributed by atoms with Gasteiger partial charge in [-0.05, 0) is 61.7 Å². The third-order valence-electron chi connectivity index (χ3n) is 4.96. The smallest absolute Gasteiger partial charge is 0.167 e. The summed E-state index contributed by atoms with van der Waals surface area (Å²) in [4.78, 5) is 14.0. The Kier molecular flexibility index (Phi) is 4.99. The number of benzene rings is 3. The van der Waals surface area contributed by atoms with Crippen molar-refractivity contribution in [3.8, 4) is 46.0 Å². The van der Waals surface area contributed by atoms with Crippen molar-refractivity contribution >= 4 is 0 Å². The zero-order chi connectivity index (χ0) is 21.3. The summed E-state index contributed by atoms with van der Waals surface area (Å²) in [5.41, 5.74) is 5.55. The molecule has 1 heterocycles. The minimum Gasteiger partial charge on any atom is -0.507 e. The summed E-state index contributed by atoms with van der Waals surface area (Å²) < 4.78 is 0. The normalized spacial score (nSPS) is 10.6. The van der Waals surface area contributed by atoms with Crippen LogP contribution in [0.4, 0.5) is 0 Å². The Morgan fingerprint density at radius 2 is 1.33 bits per heavy atom. The van der Waals surface area contributed by atoms with Crippen LogP contribution >= 0.6 is 0 Å². The fraction of sp³-hybridized carbons (Fsp3) is 0.120. The molecule has 0 atom stereocenters. The average Bonchev–Trinajstić information content (AvgIpc) is 2.74. The highest BCUT2D eigenvalue weighted by atomic mass is 16.3. The van der Waals surface area contributed by atoms with Crippen LogP contribution in [-0.4, -0.2) is 20.1 Å². The first-order chi connectivity index (χ1) is 14.5. The zero-order valence-corrected chi connectivity index (χ0v) is 17.0. The van der Waals surface area contributed by atoms with Gasteiger partial charge in [-0.2, -0.15) is 5.26 Å². The van der Waals surface area contributed by atoms with E-state index in [1.54, 1.807) is 6.07 Å². The van der Waals surface area contributed by atoms with E-state index in [2.05, 4.69) is 16.0 Å². The van der Waals surface area contributed by atoms with E-state index in [9.17, 15) is 10.4 Å². The number of rotatable bonds is 3. The van der Waals surface area contributed by atoms with E-state index in [1.165, 1.54) is 0 Å². The Morgan fingerprint density at radius 3 is 1.93 bits per heavy atom. The van der Waals surface area contributed by atoms with Crippen LogP contribution in [0.3, 0.4) is 0 Å². The molecule has 3 aromatic carbocycles. The molecule has 0 fully saturated rings. The number of phenolic OH excluding ortho intramolecular Hbond substituents is 1. The maximum atomic E-state index is 10.5. The Hall–Kier alpha value is -4.04. The second kappa shape index (κ2) is 7.76. The third kappa shape index (κ3) is 3.63. The van der Waals surface area contributed by atoms with E-state index in [-0.39, 0.29) is 5.75 Å². The molecule has 146 valence electrons. The van der Waals surface area contributed by atoms with Crippen molar-refractivity contribution in [2.24, 2.45) is 0 Å². The summed E-state index contributed by atoms with van der Waals surface area (Å²) in [6.07, 6.45) is 0. The molecule has 0 unspecified atom stereocenters. The van der Waals surface area contributed by atoms with Crippen molar-refractivity contribution in [3.63, 3.8) is 0 Å². The van der Waals surface area contributed by atoms with Crippen LogP contribution in [0, 0.1) is 32.1 Å². The Bertz CT molecular complexity index is 1270. The SMILES string of the molecule is Cc1ccc(-c2nc(-c3ccccc3)nc(-c3cc(C)c(C#N)c(C)c3)n2)c(O)c1. The van der Waals surface area contributed by atoms with Gasteiger partial charge in [-0.25, -0.2) is 15.0 Å². The van der Waals surface area contributed by atoms with Crippen LogP contribution in [0.5, 0.6) is 5.75 Å². The van der Waals surface area contributed by atoms with Crippen LogP contribution in [-0.2, 0) is 0 Å². The highest BCUT2D eigenvalue weighted by Gasteiger charge is 2.16. The molecule has 0 aliphatic heterocycles. The summed E-state index contributed by atoms with van der Waals surface area (Å²) >= 11 is 0. The van der Waals surface area contributed by atoms with E-state index in [1.807, 2.05) is 75.4 Å². The van der Waals surface area contributed by atoms with E-state index < -0.39 is 0 Å². The first-order valence-corrected chi connectivity index (χ1v) is 9.59. The Morgan fingerprint density at radius 1 is 0.733 bits per heavy atom. The number of nitriles is 1. The molecule has 1 N–H and O–H groups in total. The summed E-state index contributed by atoms with van der Waals surface area (Å²) in [6.45, 7) is 5.72. The molecule has 0 saturated heterocycles. The predicted molar refractivity (Wildman–Crippen MR) is 117 cm³/mol. The molecule has 0 radical (unpaired) electrons. The average molecular weight is 392 g/mol. The van der Waals surface area contributed by atoms with E-state index in [4.69, 9.17) is 4.98 Å². The quantitative estimate of drug-likeness (QED) is 0.506. The number of hydrogen-bond acceptors (Lipinski definition) is 5. The van der Waals surface area contributed by atoms with Gasteiger partial charge in [0.15, 0.2) is 17.5 Å². The minimum absolute atomic E-state index is 0.123. The summed E-state index contributed by atoms with van der Waals surface area (Å²) in [5.74, 6) is 1.54. The van der Waals surface area contributed by atoms with Gasteiger partial charge in [-0.15, -0.1) is 0 Å². The maximum absolute atomic E-state index is 10.5. The highest BCUT2D eigenvalue weighted by molar-refractivity contribution is 5.71. The molecule has 0 aliphatic carbocycles. The molecule has 0 saturated carbocycles. The molecular formula is C25H20N4O. The van der Waals surface area contributed by atoms with Gasteiger partial charge in [0.25, 0.3) is 0 Å². The topological polar surface area (TPSA) is 82.7 Å². The molecule has 0 amide bonds. The van der Waals surface area contributed by atoms with Gasteiger partial charge in [0.2, 0.25) is 0 Å². The standard InChI is InChI=1S/C25H20N4O/c1-15-9-10-20(22(30)11-15)25-28-23(18-7-5-4-6-8-18)27-24(29-25)19-12-16(2)21(14-26)17(3)13-19/h4-13,30H,1-3H3. The molecule has 4 rings (SSSR count). The number of aromatic hydroxyl groups is 1. The van der Waals surface area contributed by atoms with Crippen molar-refractivity contribution in [2.75, 3.05) is 0 Å².